The molecule has 128 valence electrons. The third-order valence-corrected chi connectivity index (χ3v) is 5.01. The Morgan fingerprint density at radius 1 is 1.08 bits per heavy atom. The molecule has 3 rings (SSSR count). The molecule has 6 heteroatoms. The van der Waals surface area contributed by atoms with E-state index in [1.54, 1.807) is 16.7 Å². The molecule has 0 atom stereocenters. The topological polar surface area (TPSA) is 25.2 Å². The second-order valence-electron chi connectivity index (χ2n) is 5.95. The highest BCUT2D eigenvalue weighted by Gasteiger charge is 2.22. The summed E-state index contributed by atoms with van der Waals surface area (Å²) < 4.78 is 15.1. The van der Waals surface area contributed by atoms with Gasteiger partial charge in [0.15, 0.2) is 0 Å². The lowest BCUT2D eigenvalue weighted by Gasteiger charge is -2.32. The SMILES string of the molecule is CCn1c(-c2ccc(F)cc2Cl)c(N2CCCCC2)cc(Cl)c1=O. The zero-order valence-electron chi connectivity index (χ0n) is 13.5. The minimum absolute atomic E-state index is 0.194. The molecule has 0 unspecified atom stereocenters. The lowest BCUT2D eigenvalue weighted by Crippen LogP contribution is -2.32. The Labute approximate surface area is 150 Å². The first-order valence-corrected chi connectivity index (χ1v) is 8.92. The third-order valence-electron chi connectivity index (χ3n) is 4.42. The number of anilines is 1. The quantitative estimate of drug-likeness (QED) is 0.763. The van der Waals surface area contributed by atoms with Crippen LogP contribution >= 0.6 is 23.2 Å². The van der Waals surface area contributed by atoms with Crippen molar-refractivity contribution in [2.45, 2.75) is 32.7 Å². The normalized spacial score (nSPS) is 14.9. The van der Waals surface area contributed by atoms with Crippen LogP contribution in [0.5, 0.6) is 0 Å². The Balaban J connectivity index is 2.28. The van der Waals surface area contributed by atoms with Gasteiger partial charge in [0.05, 0.1) is 16.4 Å². The van der Waals surface area contributed by atoms with Gasteiger partial charge in [0, 0.05) is 25.2 Å². The van der Waals surface area contributed by atoms with Crippen LogP contribution in [-0.2, 0) is 6.54 Å². The van der Waals surface area contributed by atoms with Crippen molar-refractivity contribution in [3.8, 4) is 11.3 Å². The molecule has 0 radical (unpaired) electrons. The predicted molar refractivity (Wildman–Crippen MR) is 97.9 cm³/mol. The van der Waals surface area contributed by atoms with E-state index in [1.807, 2.05) is 6.92 Å². The van der Waals surface area contributed by atoms with Gasteiger partial charge >= 0.3 is 0 Å². The molecule has 0 aliphatic carbocycles. The zero-order chi connectivity index (χ0) is 17.3. The number of rotatable bonds is 3. The van der Waals surface area contributed by atoms with Crippen LogP contribution < -0.4 is 10.5 Å². The van der Waals surface area contributed by atoms with Crippen molar-refractivity contribution >= 4 is 28.9 Å². The van der Waals surface area contributed by atoms with E-state index < -0.39 is 5.82 Å². The summed E-state index contributed by atoms with van der Waals surface area (Å²) in [5.41, 5.74) is 1.98. The highest BCUT2D eigenvalue weighted by Crippen LogP contribution is 2.37. The van der Waals surface area contributed by atoms with Crippen molar-refractivity contribution in [3.05, 3.63) is 50.5 Å². The van der Waals surface area contributed by atoms with Crippen LogP contribution in [-0.4, -0.2) is 17.7 Å². The lowest BCUT2D eigenvalue weighted by atomic mass is 10.0. The number of hydrogen-bond donors (Lipinski definition) is 0. The summed E-state index contributed by atoms with van der Waals surface area (Å²) in [6, 6.07) is 5.98. The van der Waals surface area contributed by atoms with Gasteiger partial charge in [-0.1, -0.05) is 23.2 Å². The molecule has 0 spiro atoms. The first kappa shape index (κ1) is 17.3. The highest BCUT2D eigenvalue weighted by molar-refractivity contribution is 6.33. The summed E-state index contributed by atoms with van der Waals surface area (Å²) in [5.74, 6) is -0.400. The minimum Gasteiger partial charge on any atom is -0.370 e. The number of aromatic nitrogens is 1. The van der Waals surface area contributed by atoms with E-state index in [9.17, 15) is 9.18 Å². The van der Waals surface area contributed by atoms with Crippen LogP contribution in [0.15, 0.2) is 29.1 Å². The molecule has 1 aliphatic heterocycles. The van der Waals surface area contributed by atoms with E-state index in [4.69, 9.17) is 23.2 Å². The molecule has 3 nitrogen and oxygen atoms in total. The summed E-state index contributed by atoms with van der Waals surface area (Å²) in [4.78, 5) is 14.7. The Morgan fingerprint density at radius 2 is 1.79 bits per heavy atom. The fourth-order valence-corrected chi connectivity index (χ4v) is 3.72. The number of benzene rings is 1. The number of piperidine rings is 1. The maximum atomic E-state index is 13.5. The molecular weight excluding hydrogens is 350 g/mol. The summed E-state index contributed by atoms with van der Waals surface area (Å²) in [6.45, 7) is 4.16. The molecule has 1 aliphatic rings. The van der Waals surface area contributed by atoms with Gasteiger partial charge in [0.2, 0.25) is 0 Å². The number of pyridine rings is 1. The summed E-state index contributed by atoms with van der Waals surface area (Å²) in [7, 11) is 0. The average Bonchev–Trinajstić information content (AvgIpc) is 2.58. The maximum absolute atomic E-state index is 13.5. The molecule has 2 aromatic rings. The van der Waals surface area contributed by atoms with Gasteiger partial charge in [-0.05, 0) is 50.5 Å². The maximum Gasteiger partial charge on any atom is 0.269 e. The van der Waals surface area contributed by atoms with E-state index in [0.29, 0.717) is 17.8 Å². The summed E-state index contributed by atoms with van der Waals surface area (Å²) >= 11 is 12.5. The van der Waals surface area contributed by atoms with Crippen LogP contribution in [0.4, 0.5) is 10.1 Å². The van der Waals surface area contributed by atoms with Gasteiger partial charge in [-0.25, -0.2) is 4.39 Å². The smallest absolute Gasteiger partial charge is 0.269 e. The average molecular weight is 369 g/mol. The van der Waals surface area contributed by atoms with Crippen LogP contribution in [0.2, 0.25) is 10.0 Å². The van der Waals surface area contributed by atoms with Crippen molar-refractivity contribution in [3.63, 3.8) is 0 Å². The van der Waals surface area contributed by atoms with Gasteiger partial charge in [0.1, 0.15) is 10.8 Å². The van der Waals surface area contributed by atoms with Crippen LogP contribution in [0, 0.1) is 5.82 Å². The van der Waals surface area contributed by atoms with Crippen molar-refractivity contribution in [1.29, 1.82) is 0 Å². The number of hydrogen-bond acceptors (Lipinski definition) is 2. The molecule has 1 fully saturated rings. The van der Waals surface area contributed by atoms with E-state index in [1.165, 1.54) is 18.6 Å². The first-order chi connectivity index (χ1) is 11.5. The summed E-state index contributed by atoms with van der Waals surface area (Å²) in [5, 5.41) is 0.483. The molecule has 24 heavy (non-hydrogen) atoms. The van der Waals surface area contributed by atoms with Crippen molar-refractivity contribution in [2.75, 3.05) is 18.0 Å². The Bertz CT molecular complexity index is 813. The molecular formula is C18H19Cl2FN2O. The van der Waals surface area contributed by atoms with E-state index in [2.05, 4.69) is 4.90 Å². The number of halogens is 3. The largest absolute Gasteiger partial charge is 0.370 e. The second-order valence-corrected chi connectivity index (χ2v) is 6.76. The lowest BCUT2D eigenvalue weighted by molar-refractivity contribution is 0.575. The molecule has 1 aromatic carbocycles. The molecule has 0 amide bonds. The fraction of sp³-hybridized carbons (Fsp3) is 0.389. The molecule has 1 saturated heterocycles. The molecule has 0 bridgehead atoms. The molecule has 0 N–H and O–H groups in total. The minimum atomic E-state index is -0.400. The second kappa shape index (κ2) is 7.16. The molecule has 2 heterocycles. The van der Waals surface area contributed by atoms with Gasteiger partial charge < -0.3 is 9.47 Å². The van der Waals surface area contributed by atoms with E-state index in [-0.39, 0.29) is 15.6 Å². The Morgan fingerprint density at radius 3 is 2.42 bits per heavy atom. The van der Waals surface area contributed by atoms with Crippen LogP contribution in [0.25, 0.3) is 11.3 Å². The zero-order valence-corrected chi connectivity index (χ0v) is 15.0. The molecule has 1 aromatic heterocycles. The third kappa shape index (κ3) is 3.17. The van der Waals surface area contributed by atoms with Crippen molar-refractivity contribution in [1.82, 2.24) is 4.57 Å². The monoisotopic (exact) mass is 368 g/mol. The van der Waals surface area contributed by atoms with Crippen LogP contribution in [0.3, 0.4) is 0 Å². The van der Waals surface area contributed by atoms with Gasteiger partial charge in [-0.15, -0.1) is 0 Å². The van der Waals surface area contributed by atoms with E-state index >= 15 is 0 Å². The van der Waals surface area contributed by atoms with Gasteiger partial charge in [-0.3, -0.25) is 4.79 Å². The number of nitrogens with zero attached hydrogens (tertiary/aromatic N) is 2. The first-order valence-electron chi connectivity index (χ1n) is 8.16. The Hall–Kier alpha value is -1.52. The van der Waals surface area contributed by atoms with E-state index in [0.717, 1.165) is 31.6 Å². The highest BCUT2D eigenvalue weighted by atomic mass is 35.5. The fourth-order valence-electron chi connectivity index (χ4n) is 3.26. The van der Waals surface area contributed by atoms with Crippen LogP contribution in [0.1, 0.15) is 26.2 Å². The summed E-state index contributed by atoms with van der Waals surface area (Å²) in [6.07, 6.45) is 3.39. The van der Waals surface area contributed by atoms with Crippen molar-refractivity contribution in [2.24, 2.45) is 0 Å². The Kier molecular flexibility index (Phi) is 5.16. The van der Waals surface area contributed by atoms with Crippen molar-refractivity contribution < 1.29 is 4.39 Å². The van der Waals surface area contributed by atoms with Gasteiger partial charge in [-0.2, -0.15) is 0 Å². The molecule has 0 saturated carbocycles. The standard InChI is InChI=1S/C18H19Cl2FN2O/c1-2-23-17(13-7-6-12(21)10-14(13)19)16(11-15(20)18(23)24)22-8-4-3-5-9-22/h6-7,10-11H,2-5,8-9H2,1H3. The predicted octanol–water partition coefficient (Wildman–Crippen LogP) is 4.97. The van der Waals surface area contributed by atoms with Gasteiger partial charge in [0.25, 0.3) is 5.56 Å².